The van der Waals surface area contributed by atoms with Gasteiger partial charge in [-0.3, -0.25) is 14.4 Å². The number of benzene rings is 2. The molecule has 1 aliphatic heterocycles. The van der Waals surface area contributed by atoms with Gasteiger partial charge in [0.25, 0.3) is 15.7 Å². The van der Waals surface area contributed by atoms with Crippen LogP contribution in [0.1, 0.15) is 13.3 Å². The molecule has 9 nitrogen and oxygen atoms in total. The van der Waals surface area contributed by atoms with Gasteiger partial charge in [-0.25, -0.2) is 8.42 Å². The molecule has 0 amide bonds. The second-order valence-corrected chi connectivity index (χ2v) is 8.71. The molecule has 0 spiro atoms. The van der Waals surface area contributed by atoms with Crippen LogP contribution in [0.3, 0.4) is 0 Å². The number of hydrogen-bond acceptors (Lipinski definition) is 7. The van der Waals surface area contributed by atoms with Crippen molar-refractivity contribution in [2.45, 2.75) is 24.3 Å². The number of aliphatic hydroxyl groups excluding tert-OH is 1. The van der Waals surface area contributed by atoms with E-state index in [0.717, 1.165) is 6.07 Å². The predicted octanol–water partition coefficient (Wildman–Crippen LogP) is 2.40. The van der Waals surface area contributed by atoms with Crippen molar-refractivity contribution in [2.24, 2.45) is 0 Å². The Kier molecular flexibility index (Phi) is 6.91. The lowest BCUT2D eigenvalue weighted by Crippen LogP contribution is -2.46. The van der Waals surface area contributed by atoms with Crippen molar-refractivity contribution in [3.8, 4) is 0 Å². The van der Waals surface area contributed by atoms with E-state index in [2.05, 4.69) is 0 Å². The summed E-state index contributed by atoms with van der Waals surface area (Å²) in [5, 5.41) is 21.1. The van der Waals surface area contributed by atoms with Crippen LogP contribution >= 0.6 is 0 Å². The molecule has 30 heavy (non-hydrogen) atoms. The Balaban J connectivity index is 2.03. The zero-order valence-electron chi connectivity index (χ0n) is 16.7. The maximum absolute atomic E-state index is 13.2. The molecule has 1 aliphatic rings. The number of hydrogen-bond donors (Lipinski definition) is 1. The molecule has 1 heterocycles. The zero-order valence-corrected chi connectivity index (χ0v) is 17.5. The van der Waals surface area contributed by atoms with Gasteiger partial charge in [-0.1, -0.05) is 18.2 Å². The lowest BCUT2D eigenvalue weighted by molar-refractivity contribution is -0.384. The van der Waals surface area contributed by atoms with Gasteiger partial charge in [0.1, 0.15) is 5.69 Å². The minimum Gasteiger partial charge on any atom is -0.396 e. The average Bonchev–Trinajstić information content (AvgIpc) is 2.75. The van der Waals surface area contributed by atoms with E-state index < -0.39 is 14.9 Å². The first-order valence-electron chi connectivity index (χ1n) is 9.71. The summed E-state index contributed by atoms with van der Waals surface area (Å²) in [4.78, 5) is 12.9. The molecule has 0 saturated carbocycles. The van der Waals surface area contributed by atoms with E-state index in [4.69, 9.17) is 4.74 Å². The number of nitro groups is 1. The molecule has 0 radical (unpaired) electrons. The number of ether oxygens (including phenoxy) is 1. The molecule has 2 aromatic carbocycles. The van der Waals surface area contributed by atoms with E-state index in [1.165, 1.54) is 16.4 Å². The van der Waals surface area contributed by atoms with Gasteiger partial charge in [-0.05, 0) is 37.6 Å². The molecule has 1 atom stereocenters. The third-order valence-electron chi connectivity index (χ3n) is 5.06. The molecule has 10 heteroatoms. The van der Waals surface area contributed by atoms with E-state index in [1.54, 1.807) is 37.3 Å². The molecule has 162 valence electrons. The molecule has 0 aliphatic carbocycles. The Hall–Kier alpha value is -2.69. The van der Waals surface area contributed by atoms with Crippen molar-refractivity contribution in [3.05, 3.63) is 58.6 Å². The van der Waals surface area contributed by atoms with Crippen LogP contribution in [0.4, 0.5) is 17.1 Å². The molecule has 1 saturated heterocycles. The van der Waals surface area contributed by atoms with Gasteiger partial charge in [0.05, 0.1) is 34.8 Å². The van der Waals surface area contributed by atoms with Gasteiger partial charge in [0.2, 0.25) is 0 Å². The van der Waals surface area contributed by atoms with E-state index in [0.29, 0.717) is 37.6 Å². The summed E-state index contributed by atoms with van der Waals surface area (Å²) < 4.78 is 33.1. The van der Waals surface area contributed by atoms with Crippen molar-refractivity contribution >= 4 is 27.1 Å². The van der Waals surface area contributed by atoms with Gasteiger partial charge < -0.3 is 14.7 Å². The number of anilines is 2. The highest BCUT2D eigenvalue weighted by Gasteiger charge is 2.31. The number of rotatable bonds is 8. The van der Waals surface area contributed by atoms with Crippen molar-refractivity contribution in [1.82, 2.24) is 0 Å². The van der Waals surface area contributed by atoms with E-state index >= 15 is 0 Å². The summed E-state index contributed by atoms with van der Waals surface area (Å²) >= 11 is 0. The second-order valence-electron chi connectivity index (χ2n) is 6.85. The molecule has 1 N–H and O–H groups in total. The summed E-state index contributed by atoms with van der Waals surface area (Å²) in [7, 11) is -3.99. The van der Waals surface area contributed by atoms with Crippen molar-refractivity contribution in [2.75, 3.05) is 42.1 Å². The third-order valence-corrected chi connectivity index (χ3v) is 6.96. The van der Waals surface area contributed by atoms with Crippen LogP contribution in [0.25, 0.3) is 0 Å². The summed E-state index contributed by atoms with van der Waals surface area (Å²) in [6.45, 7) is 2.98. The predicted molar refractivity (Wildman–Crippen MR) is 113 cm³/mol. The van der Waals surface area contributed by atoms with Gasteiger partial charge >= 0.3 is 0 Å². The van der Waals surface area contributed by atoms with Crippen LogP contribution in [0.2, 0.25) is 0 Å². The number of para-hydroxylation sites is 1. The second kappa shape index (κ2) is 9.41. The minimum atomic E-state index is -3.99. The number of sulfonamides is 1. The average molecular weight is 436 g/mol. The topological polar surface area (TPSA) is 113 Å². The highest BCUT2D eigenvalue weighted by Crippen LogP contribution is 2.35. The maximum Gasteiger partial charge on any atom is 0.293 e. The Bertz CT molecular complexity index is 981. The molecule has 2 aromatic rings. The molecule has 1 unspecified atom stereocenters. The fourth-order valence-electron chi connectivity index (χ4n) is 3.63. The number of morpholine rings is 1. The largest absolute Gasteiger partial charge is 0.396 e. The Morgan fingerprint density at radius 1 is 1.27 bits per heavy atom. The summed E-state index contributed by atoms with van der Waals surface area (Å²) in [6.07, 6.45) is 0.398. The lowest BCUT2D eigenvalue weighted by atomic mass is 10.1. The van der Waals surface area contributed by atoms with Gasteiger partial charge in [0, 0.05) is 25.8 Å². The summed E-state index contributed by atoms with van der Waals surface area (Å²) in [5.41, 5.74) is 0.524. The first-order chi connectivity index (χ1) is 14.4. The Labute approximate surface area is 175 Å². The molecule has 0 aromatic heterocycles. The molecular formula is C20H25N3O6S. The highest BCUT2D eigenvalue weighted by molar-refractivity contribution is 7.92. The van der Waals surface area contributed by atoms with Crippen molar-refractivity contribution in [1.29, 1.82) is 0 Å². The summed E-state index contributed by atoms with van der Waals surface area (Å²) in [5.74, 6) is 0. The van der Waals surface area contributed by atoms with Gasteiger partial charge in [0.15, 0.2) is 0 Å². The van der Waals surface area contributed by atoms with Crippen molar-refractivity contribution < 1.29 is 23.2 Å². The van der Waals surface area contributed by atoms with Crippen LogP contribution in [0.15, 0.2) is 53.4 Å². The van der Waals surface area contributed by atoms with E-state index in [-0.39, 0.29) is 29.8 Å². The summed E-state index contributed by atoms with van der Waals surface area (Å²) in [6, 6.07) is 12.4. The molecular weight excluding hydrogens is 410 g/mol. The van der Waals surface area contributed by atoms with E-state index in [9.17, 15) is 23.6 Å². The van der Waals surface area contributed by atoms with Crippen LogP contribution in [0, 0.1) is 10.1 Å². The van der Waals surface area contributed by atoms with Crippen LogP contribution in [-0.2, 0) is 14.8 Å². The fraction of sp³-hybridized carbons (Fsp3) is 0.400. The highest BCUT2D eigenvalue weighted by atomic mass is 32.2. The molecule has 1 fully saturated rings. The zero-order chi connectivity index (χ0) is 21.7. The van der Waals surface area contributed by atoms with Gasteiger partial charge in [-0.15, -0.1) is 0 Å². The van der Waals surface area contributed by atoms with Gasteiger partial charge in [-0.2, -0.15) is 0 Å². The lowest BCUT2D eigenvalue weighted by Gasteiger charge is -2.36. The van der Waals surface area contributed by atoms with Crippen molar-refractivity contribution in [3.63, 3.8) is 0 Å². The number of aliphatic hydroxyl groups is 1. The van der Waals surface area contributed by atoms with E-state index in [1.807, 2.05) is 4.90 Å². The third kappa shape index (κ3) is 4.40. The first kappa shape index (κ1) is 22.0. The van der Waals surface area contributed by atoms with Crippen LogP contribution in [-0.4, -0.2) is 57.4 Å². The smallest absolute Gasteiger partial charge is 0.293 e. The maximum atomic E-state index is 13.2. The fourth-order valence-corrected chi connectivity index (χ4v) is 5.12. The van der Waals surface area contributed by atoms with Crippen LogP contribution in [0.5, 0.6) is 0 Å². The quantitative estimate of drug-likeness (QED) is 0.500. The monoisotopic (exact) mass is 435 g/mol. The van der Waals surface area contributed by atoms with Crippen LogP contribution < -0.4 is 9.21 Å². The minimum absolute atomic E-state index is 0.0761. The normalized spacial score (nSPS) is 17.0. The standard InChI is InChI=1S/C20H25N3O6S/c1-2-22(16-6-4-3-5-7-16)30(27,28)18-8-9-19(20(14-18)23(25)26)21-11-13-29-15-17(21)10-12-24/h3-9,14,17,24H,2,10-13,15H2,1H3. The Morgan fingerprint density at radius 2 is 2.00 bits per heavy atom. The Morgan fingerprint density at radius 3 is 2.63 bits per heavy atom. The molecule has 0 bridgehead atoms. The first-order valence-corrected chi connectivity index (χ1v) is 11.2. The molecule has 3 rings (SSSR count). The number of nitro benzene ring substituents is 1. The number of nitrogens with zero attached hydrogens (tertiary/aromatic N) is 3. The SMILES string of the molecule is CCN(c1ccccc1)S(=O)(=O)c1ccc(N2CCOCC2CCO)c([N+](=O)[O-])c1.